The molecule has 2 saturated heterocycles. The quantitative estimate of drug-likeness (QED) is 0.468. The Morgan fingerprint density at radius 2 is 1.94 bits per heavy atom. The molecule has 3 rings (SSSR count). The second-order valence-electron chi connectivity index (χ2n) is 4.21. The van der Waals surface area contributed by atoms with Crippen molar-refractivity contribution in [3.8, 4) is 0 Å². The Bertz CT molecular complexity index is 474. The first-order valence-corrected chi connectivity index (χ1v) is 7.71. The van der Waals surface area contributed by atoms with Crippen LogP contribution in [0.5, 0.6) is 0 Å². The molecule has 0 aliphatic carbocycles. The number of halogens is 1. The van der Waals surface area contributed by atoms with Gasteiger partial charge in [-0.1, -0.05) is 0 Å². The summed E-state index contributed by atoms with van der Waals surface area (Å²) in [5.41, 5.74) is 0.606. The van der Waals surface area contributed by atoms with E-state index in [0.29, 0.717) is 5.57 Å². The van der Waals surface area contributed by atoms with Crippen LogP contribution in [-0.2, 0) is 9.53 Å². The van der Waals surface area contributed by atoms with E-state index >= 15 is 0 Å². The van der Waals surface area contributed by atoms with Crippen molar-refractivity contribution in [2.75, 3.05) is 0 Å². The molecule has 1 aromatic rings. The number of rotatable bonds is 2. The summed E-state index contributed by atoms with van der Waals surface area (Å²) in [7, 11) is 0. The van der Waals surface area contributed by atoms with Gasteiger partial charge in [0.1, 0.15) is 0 Å². The van der Waals surface area contributed by atoms with Gasteiger partial charge in [-0.2, -0.15) is 0 Å². The molecule has 0 spiro atoms. The monoisotopic (exact) mass is 314 g/mol. The van der Waals surface area contributed by atoms with Gasteiger partial charge in [0.05, 0.1) is 0 Å². The summed E-state index contributed by atoms with van der Waals surface area (Å²) >= 11 is 6.53. The van der Waals surface area contributed by atoms with Gasteiger partial charge in [-0.3, -0.25) is 0 Å². The molecular formula is C13H11ClO2Se. The SMILES string of the molecule is C=C1C(=O)C2OC1C([Se]c1ccccc1)[C@@H]2Cl. The summed E-state index contributed by atoms with van der Waals surface area (Å²) in [4.78, 5) is 11.9. The first-order valence-electron chi connectivity index (χ1n) is 5.43. The van der Waals surface area contributed by atoms with Crippen molar-refractivity contribution in [1.29, 1.82) is 0 Å². The fourth-order valence-electron chi connectivity index (χ4n) is 2.24. The number of ether oxygens (including phenoxy) is 1. The molecule has 2 fully saturated rings. The number of hydrogen-bond acceptors (Lipinski definition) is 2. The third-order valence-electron chi connectivity index (χ3n) is 3.13. The molecule has 0 radical (unpaired) electrons. The molecule has 0 N–H and O–H groups in total. The van der Waals surface area contributed by atoms with Crippen molar-refractivity contribution in [1.82, 2.24) is 0 Å². The van der Waals surface area contributed by atoms with Gasteiger partial charge in [0.2, 0.25) is 0 Å². The fourth-order valence-corrected chi connectivity index (χ4v) is 5.45. The van der Waals surface area contributed by atoms with Crippen LogP contribution in [0.4, 0.5) is 0 Å². The second kappa shape index (κ2) is 4.25. The van der Waals surface area contributed by atoms with Crippen LogP contribution in [0, 0.1) is 0 Å². The molecule has 4 atom stereocenters. The van der Waals surface area contributed by atoms with E-state index in [1.807, 2.05) is 18.2 Å². The molecule has 2 aliphatic rings. The van der Waals surface area contributed by atoms with Crippen molar-refractivity contribution in [2.45, 2.75) is 22.4 Å². The first kappa shape index (κ1) is 11.5. The van der Waals surface area contributed by atoms with Gasteiger partial charge in [0.25, 0.3) is 0 Å². The van der Waals surface area contributed by atoms with Crippen LogP contribution in [-0.4, -0.2) is 38.3 Å². The van der Waals surface area contributed by atoms with Gasteiger partial charge in [-0.05, 0) is 0 Å². The van der Waals surface area contributed by atoms with E-state index in [1.54, 1.807) is 0 Å². The third-order valence-corrected chi connectivity index (χ3v) is 6.81. The topological polar surface area (TPSA) is 26.3 Å². The number of carbonyl (C=O) groups excluding carboxylic acids is 1. The Kier molecular flexibility index (Phi) is 2.87. The van der Waals surface area contributed by atoms with Crippen molar-refractivity contribution in [2.24, 2.45) is 0 Å². The van der Waals surface area contributed by atoms with Crippen LogP contribution < -0.4 is 4.46 Å². The number of benzene rings is 1. The normalized spacial score (nSPS) is 35.6. The number of carbonyl (C=O) groups is 1. The Balaban J connectivity index is 1.82. The molecule has 1 aromatic carbocycles. The first-order chi connectivity index (χ1) is 8.18. The average Bonchev–Trinajstić information content (AvgIpc) is 2.80. The van der Waals surface area contributed by atoms with E-state index in [-0.39, 0.29) is 37.0 Å². The van der Waals surface area contributed by atoms with E-state index < -0.39 is 6.10 Å². The number of ketones is 1. The predicted molar refractivity (Wildman–Crippen MR) is 68.0 cm³/mol. The molecular weight excluding hydrogens is 303 g/mol. The predicted octanol–water partition coefficient (Wildman–Crippen LogP) is 1.32. The van der Waals surface area contributed by atoms with E-state index in [2.05, 4.69) is 18.7 Å². The standard InChI is InChI=1S/C13H11ClO2Se/c1-7-10(15)12-9(14)13(11(7)16-12)17-8-5-3-2-4-6-8/h2-6,9,11-13H,1H2/t9-,11?,12?,13?/m1/s1. The van der Waals surface area contributed by atoms with Crippen LogP contribution in [0.2, 0.25) is 4.82 Å². The molecule has 3 unspecified atom stereocenters. The molecule has 0 saturated carbocycles. The van der Waals surface area contributed by atoms with Crippen molar-refractivity contribution < 1.29 is 9.53 Å². The summed E-state index contributed by atoms with van der Waals surface area (Å²) in [5.74, 6) is -0.00453. The van der Waals surface area contributed by atoms with Crippen LogP contribution in [0.15, 0.2) is 42.5 Å². The number of alkyl halides is 1. The minimum atomic E-state index is -0.454. The van der Waals surface area contributed by atoms with Gasteiger partial charge in [0, 0.05) is 0 Å². The third kappa shape index (κ3) is 1.78. The van der Waals surface area contributed by atoms with E-state index in [4.69, 9.17) is 16.3 Å². The maximum atomic E-state index is 11.7. The average molecular weight is 314 g/mol. The summed E-state index contributed by atoms with van der Waals surface area (Å²) in [6.45, 7) is 3.82. The van der Waals surface area contributed by atoms with Crippen molar-refractivity contribution >= 4 is 36.8 Å². The Morgan fingerprint density at radius 3 is 2.59 bits per heavy atom. The van der Waals surface area contributed by atoms with Crippen LogP contribution >= 0.6 is 11.6 Å². The molecule has 0 amide bonds. The second-order valence-corrected chi connectivity index (χ2v) is 7.34. The Labute approximate surface area is 111 Å². The maximum absolute atomic E-state index is 11.7. The van der Waals surface area contributed by atoms with Gasteiger partial charge < -0.3 is 0 Å². The zero-order chi connectivity index (χ0) is 12.0. The zero-order valence-electron chi connectivity index (χ0n) is 9.01. The van der Waals surface area contributed by atoms with Gasteiger partial charge in [0.15, 0.2) is 0 Å². The van der Waals surface area contributed by atoms with Crippen LogP contribution in [0.1, 0.15) is 0 Å². The Hall–Kier alpha value is -0.601. The van der Waals surface area contributed by atoms with Gasteiger partial charge in [-0.25, -0.2) is 0 Å². The Morgan fingerprint density at radius 1 is 1.24 bits per heavy atom. The van der Waals surface area contributed by atoms with Crippen LogP contribution in [0.3, 0.4) is 0 Å². The molecule has 2 bridgehead atoms. The summed E-state index contributed by atoms with van der Waals surface area (Å²) < 4.78 is 6.91. The van der Waals surface area contributed by atoms with E-state index in [0.717, 1.165) is 0 Å². The van der Waals surface area contributed by atoms with Crippen molar-refractivity contribution in [3.63, 3.8) is 0 Å². The van der Waals surface area contributed by atoms with Gasteiger partial charge >= 0.3 is 111 Å². The minimum absolute atomic E-state index is 0.00453. The zero-order valence-corrected chi connectivity index (χ0v) is 11.5. The molecule has 4 heteroatoms. The van der Waals surface area contributed by atoms with E-state index in [9.17, 15) is 4.79 Å². The summed E-state index contributed by atoms with van der Waals surface area (Å²) in [6.07, 6.45) is -0.611. The fraction of sp³-hybridized carbons (Fsp3) is 0.308. The summed E-state index contributed by atoms with van der Waals surface area (Å²) in [6, 6.07) is 10.2. The summed E-state index contributed by atoms with van der Waals surface area (Å²) in [5, 5.41) is -0.196. The van der Waals surface area contributed by atoms with Crippen LogP contribution in [0.25, 0.3) is 0 Å². The molecule has 2 nitrogen and oxygen atoms in total. The molecule has 0 aromatic heterocycles. The number of hydrogen-bond donors (Lipinski definition) is 0. The molecule has 2 aliphatic heterocycles. The molecule has 88 valence electrons. The van der Waals surface area contributed by atoms with Gasteiger partial charge in [-0.15, -0.1) is 0 Å². The molecule has 17 heavy (non-hydrogen) atoms. The van der Waals surface area contributed by atoms with Crippen molar-refractivity contribution in [3.05, 3.63) is 42.5 Å². The van der Waals surface area contributed by atoms with E-state index in [1.165, 1.54) is 4.46 Å². The number of fused-ring (bicyclic) bond motifs is 2. The molecule has 2 heterocycles. The number of Topliss-reactive ketones (excluding diaryl/α,β-unsaturated/α-hetero) is 1.